The Morgan fingerprint density at radius 2 is 2.00 bits per heavy atom. The van der Waals surface area contributed by atoms with Crippen LogP contribution in [0.4, 0.5) is 0 Å². The van der Waals surface area contributed by atoms with Crippen LogP contribution >= 0.6 is 0 Å². The molecule has 1 saturated carbocycles. The zero-order chi connectivity index (χ0) is 15.3. The van der Waals surface area contributed by atoms with E-state index in [0.29, 0.717) is 11.2 Å². The summed E-state index contributed by atoms with van der Waals surface area (Å²) in [6.45, 7) is 6.53. The smallest absolute Gasteiger partial charge is 0.160 e. The zero-order valence-corrected chi connectivity index (χ0v) is 13.6. The third-order valence-corrected chi connectivity index (χ3v) is 4.58. The number of rotatable bonds is 7. The lowest BCUT2D eigenvalue weighted by Crippen LogP contribution is -2.33. The molecule has 0 atom stereocenters. The van der Waals surface area contributed by atoms with Crippen LogP contribution < -0.4 is 10.1 Å². The summed E-state index contributed by atoms with van der Waals surface area (Å²) in [5.74, 6) is 1.51. The molecule has 21 heavy (non-hydrogen) atoms. The van der Waals surface area contributed by atoms with Gasteiger partial charge >= 0.3 is 0 Å². The second kappa shape index (κ2) is 7.17. The Morgan fingerprint density at radius 1 is 1.29 bits per heavy atom. The number of benzene rings is 1. The number of hydrogen-bond donors (Lipinski definition) is 2. The molecule has 0 amide bonds. The fourth-order valence-corrected chi connectivity index (χ4v) is 3.76. The number of methoxy groups -OCH3 is 1. The Hall–Kier alpha value is -1.22. The summed E-state index contributed by atoms with van der Waals surface area (Å²) >= 11 is 0. The van der Waals surface area contributed by atoms with Crippen molar-refractivity contribution in [1.82, 2.24) is 5.32 Å². The second-order valence-electron chi connectivity index (χ2n) is 6.91. The molecule has 1 fully saturated rings. The molecule has 0 aliphatic heterocycles. The largest absolute Gasteiger partial charge is 0.504 e. The molecule has 0 bridgehead atoms. The maximum atomic E-state index is 9.82. The molecule has 0 spiro atoms. The highest BCUT2D eigenvalue weighted by Crippen LogP contribution is 2.42. The lowest BCUT2D eigenvalue weighted by atomic mass is 9.78. The van der Waals surface area contributed by atoms with Crippen molar-refractivity contribution in [1.29, 1.82) is 0 Å². The third kappa shape index (κ3) is 4.37. The number of nitrogens with one attached hydrogen (secondary N) is 1. The van der Waals surface area contributed by atoms with Crippen molar-refractivity contribution in [3.05, 3.63) is 23.8 Å². The first-order valence-electron chi connectivity index (χ1n) is 8.11. The molecule has 0 saturated heterocycles. The highest BCUT2D eigenvalue weighted by Gasteiger charge is 2.33. The minimum absolute atomic E-state index is 0.217. The molecule has 1 aliphatic carbocycles. The molecule has 1 aromatic rings. The van der Waals surface area contributed by atoms with Crippen LogP contribution in [0.15, 0.2) is 18.2 Å². The molecule has 1 aliphatic rings. The van der Waals surface area contributed by atoms with Crippen molar-refractivity contribution >= 4 is 0 Å². The molecule has 118 valence electrons. The molecule has 1 aromatic carbocycles. The lowest BCUT2D eigenvalue weighted by Gasteiger charge is -2.31. The van der Waals surface area contributed by atoms with Crippen molar-refractivity contribution in [2.75, 3.05) is 13.7 Å². The van der Waals surface area contributed by atoms with Gasteiger partial charge in [-0.3, -0.25) is 0 Å². The van der Waals surface area contributed by atoms with Crippen LogP contribution in [0.25, 0.3) is 0 Å². The summed E-state index contributed by atoms with van der Waals surface area (Å²) in [5, 5.41) is 13.4. The number of phenols is 1. The topological polar surface area (TPSA) is 41.5 Å². The van der Waals surface area contributed by atoms with Crippen LogP contribution in [0, 0.1) is 11.3 Å². The molecule has 2 rings (SSSR count). The van der Waals surface area contributed by atoms with Gasteiger partial charge in [-0.25, -0.2) is 0 Å². The SMILES string of the molecule is COc1ccc(CNCC2(CC(C)C)CCCC2)cc1O. The molecule has 3 nitrogen and oxygen atoms in total. The van der Waals surface area contributed by atoms with Crippen LogP contribution in [0.5, 0.6) is 11.5 Å². The molecule has 0 radical (unpaired) electrons. The zero-order valence-electron chi connectivity index (χ0n) is 13.6. The number of aromatic hydroxyl groups is 1. The van der Waals surface area contributed by atoms with Crippen molar-refractivity contribution in [3.63, 3.8) is 0 Å². The van der Waals surface area contributed by atoms with Gasteiger partial charge in [-0.05, 0) is 48.3 Å². The van der Waals surface area contributed by atoms with Gasteiger partial charge in [0.05, 0.1) is 7.11 Å². The molecule has 0 heterocycles. The second-order valence-corrected chi connectivity index (χ2v) is 6.91. The summed E-state index contributed by atoms with van der Waals surface area (Å²) in [6.07, 6.45) is 6.77. The van der Waals surface area contributed by atoms with Crippen molar-refractivity contribution < 1.29 is 9.84 Å². The van der Waals surface area contributed by atoms with E-state index in [9.17, 15) is 5.11 Å². The van der Waals surface area contributed by atoms with Gasteiger partial charge in [-0.15, -0.1) is 0 Å². The average molecular weight is 291 g/mol. The molecular weight excluding hydrogens is 262 g/mol. The highest BCUT2D eigenvalue weighted by molar-refractivity contribution is 5.41. The number of phenolic OH excluding ortho intramolecular Hbond substituents is 1. The highest BCUT2D eigenvalue weighted by atomic mass is 16.5. The van der Waals surface area contributed by atoms with E-state index in [4.69, 9.17) is 4.74 Å². The minimum atomic E-state index is 0.217. The monoisotopic (exact) mass is 291 g/mol. The van der Waals surface area contributed by atoms with Crippen molar-refractivity contribution in [3.8, 4) is 11.5 Å². The first-order valence-corrected chi connectivity index (χ1v) is 8.11. The van der Waals surface area contributed by atoms with E-state index in [1.165, 1.54) is 32.1 Å². The van der Waals surface area contributed by atoms with Crippen LogP contribution in [0.3, 0.4) is 0 Å². The van der Waals surface area contributed by atoms with Gasteiger partial charge in [0.1, 0.15) is 0 Å². The molecule has 2 N–H and O–H groups in total. The number of hydrogen-bond acceptors (Lipinski definition) is 3. The van der Waals surface area contributed by atoms with Crippen LogP contribution in [0.2, 0.25) is 0 Å². The van der Waals surface area contributed by atoms with E-state index in [1.54, 1.807) is 13.2 Å². The van der Waals surface area contributed by atoms with Gasteiger partial charge in [0, 0.05) is 13.1 Å². The van der Waals surface area contributed by atoms with E-state index < -0.39 is 0 Å². The lowest BCUT2D eigenvalue weighted by molar-refractivity contribution is 0.223. The van der Waals surface area contributed by atoms with Gasteiger partial charge in [-0.2, -0.15) is 0 Å². The summed E-state index contributed by atoms with van der Waals surface area (Å²) < 4.78 is 5.08. The van der Waals surface area contributed by atoms with E-state index in [0.717, 1.165) is 24.6 Å². The van der Waals surface area contributed by atoms with Crippen molar-refractivity contribution in [2.45, 2.75) is 52.5 Å². The Morgan fingerprint density at radius 3 is 2.57 bits per heavy atom. The predicted octanol–water partition coefficient (Wildman–Crippen LogP) is 4.10. The van der Waals surface area contributed by atoms with E-state index in [-0.39, 0.29) is 5.75 Å². The van der Waals surface area contributed by atoms with Gasteiger partial charge in [0.25, 0.3) is 0 Å². The predicted molar refractivity (Wildman–Crippen MR) is 86.7 cm³/mol. The molecule has 0 aromatic heterocycles. The van der Waals surface area contributed by atoms with Gasteiger partial charge in [-0.1, -0.05) is 32.8 Å². The minimum Gasteiger partial charge on any atom is -0.504 e. The fourth-order valence-electron chi connectivity index (χ4n) is 3.76. The fraction of sp³-hybridized carbons (Fsp3) is 0.667. The Kier molecular flexibility index (Phi) is 5.51. The molecule has 3 heteroatoms. The van der Waals surface area contributed by atoms with E-state index in [1.807, 2.05) is 12.1 Å². The van der Waals surface area contributed by atoms with Crippen LogP contribution in [-0.2, 0) is 6.54 Å². The Balaban J connectivity index is 1.89. The molecular formula is C18H29NO2. The third-order valence-electron chi connectivity index (χ3n) is 4.58. The van der Waals surface area contributed by atoms with E-state index in [2.05, 4.69) is 19.2 Å². The average Bonchev–Trinajstić information content (AvgIpc) is 2.86. The standard InChI is InChI=1S/C18H29NO2/c1-14(2)11-18(8-4-5-9-18)13-19-12-15-6-7-17(21-3)16(20)10-15/h6-7,10,14,19-20H,4-5,8-9,11-13H2,1-3H3. The van der Waals surface area contributed by atoms with Gasteiger partial charge < -0.3 is 15.2 Å². The number of ether oxygens (including phenoxy) is 1. The summed E-state index contributed by atoms with van der Waals surface area (Å²) in [6, 6.07) is 5.62. The first kappa shape index (κ1) is 16.2. The van der Waals surface area contributed by atoms with Gasteiger partial charge in [0.15, 0.2) is 11.5 Å². The summed E-state index contributed by atoms with van der Waals surface area (Å²) in [7, 11) is 1.57. The molecule has 0 unspecified atom stereocenters. The van der Waals surface area contributed by atoms with Crippen LogP contribution in [0.1, 0.15) is 51.5 Å². The summed E-state index contributed by atoms with van der Waals surface area (Å²) in [5.41, 5.74) is 1.59. The van der Waals surface area contributed by atoms with E-state index >= 15 is 0 Å². The van der Waals surface area contributed by atoms with Crippen LogP contribution in [-0.4, -0.2) is 18.8 Å². The maximum absolute atomic E-state index is 9.82. The Bertz CT molecular complexity index is 451. The maximum Gasteiger partial charge on any atom is 0.160 e. The quantitative estimate of drug-likeness (QED) is 0.795. The van der Waals surface area contributed by atoms with Crippen molar-refractivity contribution in [2.24, 2.45) is 11.3 Å². The van der Waals surface area contributed by atoms with Gasteiger partial charge in [0.2, 0.25) is 0 Å². The first-order chi connectivity index (χ1) is 10.0. The summed E-state index contributed by atoms with van der Waals surface area (Å²) in [4.78, 5) is 0. The normalized spacial score (nSPS) is 17.3. The Labute approximate surface area is 128 Å².